The Morgan fingerprint density at radius 3 is 1.72 bits per heavy atom. The summed E-state index contributed by atoms with van der Waals surface area (Å²) in [7, 11) is -2.48. The Labute approximate surface area is 113 Å². The van der Waals surface area contributed by atoms with Gasteiger partial charge in [0.05, 0.1) is 5.49 Å². The zero-order valence-electron chi connectivity index (χ0n) is 10.5. The first kappa shape index (κ1) is 13.5. The van der Waals surface area contributed by atoms with Crippen LogP contribution in [0.25, 0.3) is 0 Å². The standard InChI is InChI=1S/C15H17OPS/c1-2-18-13-17(16,14-9-5-3-6-10-14)15-11-7-4-8-12-15/h3-12H,2,13H2,1H3. The molecule has 0 aliphatic heterocycles. The van der Waals surface area contributed by atoms with Crippen LogP contribution in [0.3, 0.4) is 0 Å². The minimum Gasteiger partial charge on any atom is -0.313 e. The van der Waals surface area contributed by atoms with E-state index in [1.54, 1.807) is 11.8 Å². The monoisotopic (exact) mass is 276 g/mol. The van der Waals surface area contributed by atoms with Crippen molar-refractivity contribution in [3.63, 3.8) is 0 Å². The van der Waals surface area contributed by atoms with E-state index in [2.05, 4.69) is 6.92 Å². The van der Waals surface area contributed by atoms with E-state index in [0.29, 0.717) is 5.49 Å². The van der Waals surface area contributed by atoms with Crippen LogP contribution in [0.2, 0.25) is 0 Å². The summed E-state index contributed by atoms with van der Waals surface area (Å²) in [6.07, 6.45) is 0. The lowest BCUT2D eigenvalue weighted by molar-refractivity contribution is 0.590. The highest BCUT2D eigenvalue weighted by Crippen LogP contribution is 2.46. The van der Waals surface area contributed by atoms with Gasteiger partial charge in [0, 0.05) is 10.6 Å². The predicted octanol–water partition coefficient (Wildman–Crippen LogP) is 3.71. The molecule has 0 saturated heterocycles. The van der Waals surface area contributed by atoms with Crippen molar-refractivity contribution < 1.29 is 4.57 Å². The van der Waals surface area contributed by atoms with Crippen LogP contribution in [0.15, 0.2) is 60.7 Å². The van der Waals surface area contributed by atoms with Gasteiger partial charge in [-0.05, 0) is 5.75 Å². The average Bonchev–Trinajstić information content (AvgIpc) is 2.46. The third kappa shape index (κ3) is 2.88. The first-order chi connectivity index (χ1) is 8.77. The van der Waals surface area contributed by atoms with Crippen LogP contribution in [0, 0.1) is 0 Å². The molecule has 0 atom stereocenters. The van der Waals surface area contributed by atoms with Gasteiger partial charge in [0.15, 0.2) is 7.14 Å². The van der Waals surface area contributed by atoms with Gasteiger partial charge in [-0.25, -0.2) is 0 Å². The van der Waals surface area contributed by atoms with Gasteiger partial charge in [-0.15, -0.1) is 0 Å². The number of benzene rings is 2. The summed E-state index contributed by atoms with van der Waals surface area (Å²) in [5.41, 5.74) is 0.678. The van der Waals surface area contributed by atoms with Crippen molar-refractivity contribution in [1.29, 1.82) is 0 Å². The summed E-state index contributed by atoms with van der Waals surface area (Å²) in [5.74, 6) is 0.990. The van der Waals surface area contributed by atoms with Crippen molar-refractivity contribution in [3.05, 3.63) is 60.7 Å². The summed E-state index contributed by atoms with van der Waals surface area (Å²) in [6.45, 7) is 2.10. The molecule has 0 heterocycles. The fourth-order valence-corrected chi connectivity index (χ4v) is 6.41. The van der Waals surface area contributed by atoms with E-state index in [-0.39, 0.29) is 0 Å². The van der Waals surface area contributed by atoms with Crippen LogP contribution in [0.1, 0.15) is 6.92 Å². The zero-order valence-corrected chi connectivity index (χ0v) is 12.2. The van der Waals surface area contributed by atoms with Gasteiger partial charge < -0.3 is 4.57 Å². The second-order valence-corrected chi connectivity index (χ2v) is 8.56. The molecule has 0 aliphatic rings. The largest absolute Gasteiger partial charge is 0.313 e. The Morgan fingerprint density at radius 1 is 0.889 bits per heavy atom. The number of hydrogen-bond donors (Lipinski definition) is 0. The molecule has 0 saturated carbocycles. The van der Waals surface area contributed by atoms with E-state index in [1.807, 2.05) is 60.7 Å². The molecule has 1 nitrogen and oxygen atoms in total. The van der Waals surface area contributed by atoms with E-state index in [0.717, 1.165) is 16.4 Å². The lowest BCUT2D eigenvalue weighted by Crippen LogP contribution is -2.17. The van der Waals surface area contributed by atoms with Gasteiger partial charge >= 0.3 is 0 Å². The van der Waals surface area contributed by atoms with Crippen molar-refractivity contribution >= 4 is 29.5 Å². The number of rotatable bonds is 5. The second-order valence-electron chi connectivity index (χ2n) is 4.03. The van der Waals surface area contributed by atoms with E-state index >= 15 is 0 Å². The molecule has 0 radical (unpaired) electrons. The smallest absolute Gasteiger partial charge is 0.152 e. The highest BCUT2D eigenvalue weighted by Gasteiger charge is 2.26. The summed E-state index contributed by atoms with van der Waals surface area (Å²) in [5, 5.41) is 1.91. The summed E-state index contributed by atoms with van der Waals surface area (Å²) in [6, 6.07) is 19.7. The molecule has 2 rings (SSSR count). The van der Waals surface area contributed by atoms with E-state index in [4.69, 9.17) is 0 Å². The van der Waals surface area contributed by atoms with Gasteiger partial charge in [-0.1, -0.05) is 67.6 Å². The van der Waals surface area contributed by atoms with Crippen molar-refractivity contribution in [2.75, 3.05) is 11.2 Å². The van der Waals surface area contributed by atoms with E-state index < -0.39 is 7.14 Å². The quantitative estimate of drug-likeness (QED) is 0.774. The molecule has 0 spiro atoms. The molecule has 0 fully saturated rings. The van der Waals surface area contributed by atoms with Crippen LogP contribution in [-0.2, 0) is 4.57 Å². The maximum Gasteiger partial charge on any atom is 0.152 e. The third-order valence-corrected chi connectivity index (χ3v) is 7.68. The molecule has 18 heavy (non-hydrogen) atoms. The third-order valence-electron chi connectivity index (χ3n) is 2.82. The molecule has 2 aromatic carbocycles. The molecular weight excluding hydrogens is 259 g/mol. The topological polar surface area (TPSA) is 17.1 Å². The van der Waals surface area contributed by atoms with Crippen LogP contribution < -0.4 is 10.6 Å². The fourth-order valence-electron chi connectivity index (χ4n) is 1.86. The predicted molar refractivity (Wildman–Crippen MR) is 82.8 cm³/mol. The SMILES string of the molecule is CCSCP(=O)(c1ccccc1)c1ccccc1. The first-order valence-corrected chi connectivity index (χ1v) is 9.10. The maximum atomic E-state index is 13.4. The Morgan fingerprint density at radius 2 is 1.33 bits per heavy atom. The molecule has 0 unspecified atom stereocenters. The lowest BCUT2D eigenvalue weighted by Gasteiger charge is -2.18. The molecule has 3 heteroatoms. The van der Waals surface area contributed by atoms with Crippen molar-refractivity contribution in [3.8, 4) is 0 Å². The van der Waals surface area contributed by atoms with Crippen molar-refractivity contribution in [1.82, 2.24) is 0 Å². The normalized spacial score (nSPS) is 11.4. The van der Waals surface area contributed by atoms with E-state index in [9.17, 15) is 4.57 Å². The first-order valence-electron chi connectivity index (χ1n) is 6.05. The molecule has 2 aromatic rings. The lowest BCUT2D eigenvalue weighted by atomic mass is 10.4. The Balaban J connectivity index is 2.45. The highest BCUT2D eigenvalue weighted by molar-refractivity contribution is 8.07. The van der Waals surface area contributed by atoms with Gasteiger partial charge in [0.25, 0.3) is 0 Å². The van der Waals surface area contributed by atoms with Crippen LogP contribution in [0.5, 0.6) is 0 Å². The van der Waals surface area contributed by atoms with Crippen molar-refractivity contribution in [2.45, 2.75) is 6.92 Å². The van der Waals surface area contributed by atoms with Crippen molar-refractivity contribution in [2.24, 2.45) is 0 Å². The van der Waals surface area contributed by atoms with Crippen LogP contribution in [-0.4, -0.2) is 11.2 Å². The average molecular weight is 276 g/mol. The van der Waals surface area contributed by atoms with Gasteiger partial charge in [0.1, 0.15) is 0 Å². The van der Waals surface area contributed by atoms with Gasteiger partial charge in [-0.2, -0.15) is 11.8 Å². The number of thioether (sulfide) groups is 1. The summed E-state index contributed by atoms with van der Waals surface area (Å²) in [4.78, 5) is 0. The Bertz CT molecular complexity index is 481. The van der Waals surface area contributed by atoms with Gasteiger partial charge in [0.2, 0.25) is 0 Å². The fraction of sp³-hybridized carbons (Fsp3) is 0.200. The summed E-state index contributed by atoms with van der Waals surface area (Å²) < 4.78 is 13.4. The molecule has 0 bridgehead atoms. The molecule has 94 valence electrons. The zero-order chi connectivity index (χ0) is 12.8. The molecule has 0 amide bonds. The minimum atomic E-state index is -2.48. The Kier molecular flexibility index (Phi) is 4.68. The van der Waals surface area contributed by atoms with Gasteiger partial charge in [-0.3, -0.25) is 0 Å². The molecule has 0 aromatic heterocycles. The molecule has 0 aliphatic carbocycles. The van der Waals surface area contributed by atoms with Crippen LogP contribution >= 0.6 is 18.9 Å². The summed E-state index contributed by atoms with van der Waals surface area (Å²) >= 11 is 1.74. The minimum absolute atomic E-state index is 0.678. The highest BCUT2D eigenvalue weighted by atomic mass is 32.2. The molecule has 0 N–H and O–H groups in total. The molecular formula is C15H17OPS. The maximum absolute atomic E-state index is 13.4. The van der Waals surface area contributed by atoms with E-state index in [1.165, 1.54) is 0 Å². The number of hydrogen-bond acceptors (Lipinski definition) is 2. The van der Waals surface area contributed by atoms with Crippen LogP contribution in [0.4, 0.5) is 0 Å². The second kappa shape index (κ2) is 6.26. The Hall–Kier alpha value is -0.980.